The van der Waals surface area contributed by atoms with Crippen LogP contribution in [0.4, 0.5) is 0 Å². The number of benzene rings is 2. The van der Waals surface area contributed by atoms with Crippen molar-refractivity contribution in [3.63, 3.8) is 0 Å². The number of oxazole rings is 1. The molecule has 136 valence electrons. The van der Waals surface area contributed by atoms with Crippen molar-refractivity contribution in [2.24, 2.45) is 0 Å². The molecule has 0 saturated carbocycles. The van der Waals surface area contributed by atoms with Crippen LogP contribution in [0.5, 0.6) is 0 Å². The lowest BCUT2D eigenvalue weighted by atomic mass is 10.1. The first kappa shape index (κ1) is 17.3. The third-order valence-corrected chi connectivity index (χ3v) is 4.40. The molecule has 2 aromatic carbocycles. The molecule has 0 spiro atoms. The van der Waals surface area contributed by atoms with Gasteiger partial charge < -0.3 is 9.73 Å². The molecule has 2 aromatic heterocycles. The van der Waals surface area contributed by atoms with Crippen LogP contribution in [0.15, 0.2) is 65.3 Å². The molecule has 4 rings (SSSR count). The van der Waals surface area contributed by atoms with Crippen molar-refractivity contribution in [1.82, 2.24) is 20.1 Å². The zero-order valence-electron chi connectivity index (χ0n) is 14.4. The van der Waals surface area contributed by atoms with E-state index in [0.717, 1.165) is 5.56 Å². The van der Waals surface area contributed by atoms with Crippen molar-refractivity contribution in [2.75, 3.05) is 6.54 Å². The van der Waals surface area contributed by atoms with E-state index >= 15 is 0 Å². The number of aromatic nitrogens is 3. The second-order valence-corrected chi connectivity index (χ2v) is 6.55. The minimum Gasteiger partial charge on any atom is -0.440 e. The van der Waals surface area contributed by atoms with Crippen LogP contribution in [0.25, 0.3) is 11.1 Å². The molecular weight excluding hydrogens is 364 g/mol. The molecule has 0 aliphatic carbocycles. The minimum atomic E-state index is -0.147. The third-order valence-electron chi connectivity index (χ3n) is 4.15. The van der Waals surface area contributed by atoms with Gasteiger partial charge in [0.25, 0.3) is 5.91 Å². The van der Waals surface area contributed by atoms with Crippen LogP contribution in [0.2, 0.25) is 5.02 Å². The van der Waals surface area contributed by atoms with Crippen molar-refractivity contribution in [1.29, 1.82) is 0 Å². The molecule has 0 unspecified atom stereocenters. The zero-order valence-corrected chi connectivity index (χ0v) is 15.2. The van der Waals surface area contributed by atoms with E-state index in [1.165, 1.54) is 0 Å². The normalized spacial score (nSPS) is 11.0. The summed E-state index contributed by atoms with van der Waals surface area (Å²) in [5, 5.41) is 7.68. The Hall–Kier alpha value is -3.12. The molecule has 0 bridgehead atoms. The number of nitrogens with one attached hydrogen (secondary N) is 1. The molecule has 0 saturated heterocycles. The van der Waals surface area contributed by atoms with Crippen LogP contribution >= 0.6 is 11.6 Å². The molecule has 7 heteroatoms. The number of fused-ring (bicyclic) bond motifs is 1. The fourth-order valence-electron chi connectivity index (χ4n) is 2.79. The van der Waals surface area contributed by atoms with Gasteiger partial charge in [0, 0.05) is 35.9 Å². The minimum absolute atomic E-state index is 0.147. The summed E-state index contributed by atoms with van der Waals surface area (Å²) < 4.78 is 7.55. The molecule has 0 aliphatic heterocycles. The van der Waals surface area contributed by atoms with Gasteiger partial charge in [0.15, 0.2) is 11.5 Å². The predicted molar refractivity (Wildman–Crippen MR) is 103 cm³/mol. The highest BCUT2D eigenvalue weighted by molar-refractivity contribution is 6.30. The van der Waals surface area contributed by atoms with Crippen molar-refractivity contribution in [3.05, 3.63) is 83.0 Å². The lowest BCUT2D eigenvalue weighted by Crippen LogP contribution is -2.27. The monoisotopic (exact) mass is 380 g/mol. The summed E-state index contributed by atoms with van der Waals surface area (Å²) in [7, 11) is 0. The van der Waals surface area contributed by atoms with Gasteiger partial charge in [0.05, 0.1) is 6.54 Å². The molecule has 0 atom stereocenters. The Balaban J connectivity index is 1.43. The number of halogens is 1. The average molecular weight is 381 g/mol. The van der Waals surface area contributed by atoms with Crippen molar-refractivity contribution in [2.45, 2.75) is 13.0 Å². The van der Waals surface area contributed by atoms with Gasteiger partial charge in [0.1, 0.15) is 5.52 Å². The van der Waals surface area contributed by atoms with E-state index in [9.17, 15) is 4.79 Å². The Kier molecular flexibility index (Phi) is 4.89. The fraction of sp³-hybridized carbons (Fsp3) is 0.150. The first-order valence-corrected chi connectivity index (χ1v) is 8.95. The van der Waals surface area contributed by atoms with Gasteiger partial charge in [-0.2, -0.15) is 5.10 Å². The quantitative estimate of drug-likeness (QED) is 0.553. The van der Waals surface area contributed by atoms with Crippen LogP contribution in [-0.4, -0.2) is 27.2 Å². The van der Waals surface area contributed by atoms with Gasteiger partial charge in [-0.1, -0.05) is 23.7 Å². The van der Waals surface area contributed by atoms with Crippen molar-refractivity contribution in [3.8, 4) is 0 Å². The van der Waals surface area contributed by atoms with E-state index < -0.39 is 0 Å². The van der Waals surface area contributed by atoms with Gasteiger partial charge in [-0.15, -0.1) is 0 Å². The Morgan fingerprint density at radius 2 is 2.04 bits per heavy atom. The number of amides is 1. The molecule has 1 amide bonds. The highest BCUT2D eigenvalue weighted by atomic mass is 35.5. The molecule has 4 aromatic rings. The zero-order chi connectivity index (χ0) is 18.6. The molecular formula is C20H17ClN4O2. The highest BCUT2D eigenvalue weighted by Gasteiger charge is 2.11. The number of nitrogens with zero attached hydrogens (tertiary/aromatic N) is 3. The number of rotatable bonds is 6. The molecule has 1 N–H and O–H groups in total. The lowest BCUT2D eigenvalue weighted by molar-refractivity contribution is 0.0952. The maximum Gasteiger partial charge on any atom is 0.251 e. The van der Waals surface area contributed by atoms with Crippen molar-refractivity contribution >= 4 is 28.6 Å². The predicted octanol–water partition coefficient (Wildman–Crippen LogP) is 3.70. The van der Waals surface area contributed by atoms with E-state index in [4.69, 9.17) is 16.0 Å². The summed E-state index contributed by atoms with van der Waals surface area (Å²) in [6.07, 6.45) is 4.13. The van der Waals surface area contributed by atoms with E-state index in [1.807, 2.05) is 36.5 Å². The van der Waals surface area contributed by atoms with Crippen LogP contribution in [0, 0.1) is 0 Å². The Morgan fingerprint density at radius 1 is 1.19 bits per heavy atom. The van der Waals surface area contributed by atoms with Crippen LogP contribution in [0.1, 0.15) is 21.8 Å². The SMILES string of the molecule is O=C(NCCn1cccn1)c1ccc2oc(Cc3ccc(Cl)cc3)nc2c1. The molecule has 2 heterocycles. The maximum atomic E-state index is 12.3. The number of carbonyl (C=O) groups is 1. The summed E-state index contributed by atoms with van der Waals surface area (Å²) in [5.74, 6) is 0.454. The number of hydrogen-bond acceptors (Lipinski definition) is 4. The van der Waals surface area contributed by atoms with E-state index in [0.29, 0.717) is 47.1 Å². The summed E-state index contributed by atoms with van der Waals surface area (Å²) in [6.45, 7) is 1.12. The molecule has 0 fully saturated rings. The maximum absolute atomic E-state index is 12.3. The lowest BCUT2D eigenvalue weighted by Gasteiger charge is -2.05. The van der Waals surface area contributed by atoms with Crippen LogP contribution in [0.3, 0.4) is 0 Å². The first-order chi connectivity index (χ1) is 13.2. The smallest absolute Gasteiger partial charge is 0.251 e. The molecule has 6 nitrogen and oxygen atoms in total. The van der Waals surface area contributed by atoms with Crippen LogP contribution in [-0.2, 0) is 13.0 Å². The Bertz CT molecular complexity index is 1060. The molecule has 0 aliphatic rings. The largest absolute Gasteiger partial charge is 0.440 e. The number of carbonyl (C=O) groups excluding carboxylic acids is 1. The highest BCUT2D eigenvalue weighted by Crippen LogP contribution is 2.20. The summed E-state index contributed by atoms with van der Waals surface area (Å²) in [5.41, 5.74) is 2.93. The summed E-state index contributed by atoms with van der Waals surface area (Å²) in [6, 6.07) is 14.7. The second kappa shape index (κ2) is 7.63. The fourth-order valence-corrected chi connectivity index (χ4v) is 2.91. The molecule has 0 radical (unpaired) electrons. The Morgan fingerprint density at radius 3 is 2.81 bits per heavy atom. The topological polar surface area (TPSA) is 73.0 Å². The Labute approximate surface area is 160 Å². The number of hydrogen-bond donors (Lipinski definition) is 1. The van der Waals surface area contributed by atoms with Gasteiger partial charge >= 0.3 is 0 Å². The standard InChI is InChI=1S/C20H17ClN4O2/c21-16-5-2-14(3-6-16)12-19-24-17-13-15(4-7-18(17)27-19)20(26)22-9-11-25-10-1-8-23-25/h1-8,10,13H,9,11-12H2,(H,22,26). The van der Waals surface area contributed by atoms with Gasteiger partial charge in [0.2, 0.25) is 0 Å². The van der Waals surface area contributed by atoms with E-state index in [2.05, 4.69) is 15.4 Å². The van der Waals surface area contributed by atoms with Crippen molar-refractivity contribution < 1.29 is 9.21 Å². The van der Waals surface area contributed by atoms with E-state index in [1.54, 1.807) is 29.1 Å². The summed E-state index contributed by atoms with van der Waals surface area (Å²) in [4.78, 5) is 16.8. The molecule has 27 heavy (non-hydrogen) atoms. The average Bonchev–Trinajstić information content (AvgIpc) is 3.32. The third kappa shape index (κ3) is 4.17. The second-order valence-electron chi connectivity index (χ2n) is 6.12. The van der Waals surface area contributed by atoms with Gasteiger partial charge in [-0.05, 0) is 42.0 Å². The van der Waals surface area contributed by atoms with Gasteiger partial charge in [-0.3, -0.25) is 9.48 Å². The van der Waals surface area contributed by atoms with Gasteiger partial charge in [-0.25, -0.2) is 4.98 Å². The first-order valence-electron chi connectivity index (χ1n) is 8.57. The van der Waals surface area contributed by atoms with Crippen LogP contribution < -0.4 is 5.32 Å². The van der Waals surface area contributed by atoms with E-state index in [-0.39, 0.29) is 5.91 Å². The summed E-state index contributed by atoms with van der Waals surface area (Å²) >= 11 is 5.91.